The molecule has 2 aromatic heterocycles. The van der Waals surface area contributed by atoms with Crippen LogP contribution in [0.15, 0.2) is 22.2 Å². The van der Waals surface area contributed by atoms with Crippen LogP contribution in [-0.4, -0.2) is 26.3 Å². The molecule has 0 atom stereocenters. The average molecular weight is 333 g/mol. The highest BCUT2D eigenvalue weighted by atomic mass is 79.9. The monoisotopic (exact) mass is 332 g/mol. The summed E-state index contributed by atoms with van der Waals surface area (Å²) < 4.78 is 5.56. The second kappa shape index (κ2) is 5.43. The van der Waals surface area contributed by atoms with Crippen LogP contribution in [0.3, 0.4) is 0 Å². The highest BCUT2D eigenvalue weighted by Crippen LogP contribution is 2.22. The van der Waals surface area contributed by atoms with Crippen molar-refractivity contribution in [2.45, 2.75) is 13.2 Å². The number of hydrogen-bond donors (Lipinski definition) is 0. The molecule has 7 heteroatoms. The first kappa shape index (κ1) is 12.9. The maximum Gasteiger partial charge on any atom is 0.198 e. The lowest BCUT2D eigenvalue weighted by molar-refractivity contribution is 0.246. The molecule has 17 heavy (non-hydrogen) atoms. The van der Waals surface area contributed by atoms with Crippen LogP contribution in [0.1, 0.15) is 4.88 Å². The molecule has 92 valence electrons. The number of nitrogens with zero attached hydrogens (tertiary/aromatic N) is 4. The molecule has 0 saturated carbocycles. The van der Waals surface area contributed by atoms with E-state index in [-0.39, 0.29) is 0 Å². The van der Waals surface area contributed by atoms with Gasteiger partial charge in [0.1, 0.15) is 6.33 Å². The third-order valence-corrected chi connectivity index (χ3v) is 4.42. The zero-order valence-electron chi connectivity index (χ0n) is 9.63. The summed E-state index contributed by atoms with van der Waals surface area (Å²) in [7, 11) is 3.96. The molecule has 0 unspecified atom stereocenters. The van der Waals surface area contributed by atoms with Gasteiger partial charge in [0.25, 0.3) is 0 Å². The smallest absolute Gasteiger partial charge is 0.198 e. The molecule has 0 aliphatic rings. The minimum absolute atomic E-state index is 0.704. The second-order valence-corrected chi connectivity index (χ2v) is 6.80. The summed E-state index contributed by atoms with van der Waals surface area (Å²) in [5.41, 5.74) is 0. The topological polar surface area (TPSA) is 26.0 Å². The van der Waals surface area contributed by atoms with Gasteiger partial charge in [-0.05, 0) is 47.3 Å². The fourth-order valence-corrected chi connectivity index (χ4v) is 3.21. The molecule has 0 aliphatic carbocycles. The zero-order valence-corrected chi connectivity index (χ0v) is 12.8. The first-order valence-corrected chi connectivity index (χ1v) is 7.09. The van der Waals surface area contributed by atoms with Gasteiger partial charge in [-0.1, -0.05) is 0 Å². The number of halogens is 1. The van der Waals surface area contributed by atoms with Crippen LogP contribution >= 0.6 is 39.5 Å². The Labute approximate surface area is 118 Å². The SMILES string of the molecule is CN(Cc1ccc(Br)s1)Cn1ncn(C)c1=S. The van der Waals surface area contributed by atoms with Gasteiger partial charge in [0, 0.05) is 18.5 Å². The lowest BCUT2D eigenvalue weighted by Crippen LogP contribution is -2.22. The molecule has 0 aromatic carbocycles. The van der Waals surface area contributed by atoms with Crippen LogP contribution in [0, 0.1) is 4.77 Å². The van der Waals surface area contributed by atoms with E-state index < -0.39 is 0 Å². The van der Waals surface area contributed by atoms with Crippen LogP contribution in [0.5, 0.6) is 0 Å². The Hall–Kier alpha value is -0.500. The first-order valence-electron chi connectivity index (χ1n) is 5.07. The Kier molecular flexibility index (Phi) is 4.13. The molecule has 0 saturated heterocycles. The summed E-state index contributed by atoms with van der Waals surface area (Å²) in [4.78, 5) is 3.50. The average Bonchev–Trinajstić information content (AvgIpc) is 2.79. The van der Waals surface area contributed by atoms with Crippen molar-refractivity contribution in [1.29, 1.82) is 0 Å². The molecule has 2 aromatic rings. The van der Waals surface area contributed by atoms with E-state index in [9.17, 15) is 0 Å². The Bertz CT molecular complexity index is 557. The number of thiophene rings is 1. The van der Waals surface area contributed by atoms with Crippen molar-refractivity contribution in [3.8, 4) is 0 Å². The lowest BCUT2D eigenvalue weighted by Gasteiger charge is -2.15. The number of rotatable bonds is 4. The van der Waals surface area contributed by atoms with Crippen LogP contribution in [0.25, 0.3) is 0 Å². The summed E-state index contributed by atoms with van der Waals surface area (Å²) in [6.45, 7) is 1.60. The molecule has 2 rings (SSSR count). The number of aryl methyl sites for hydroxylation is 1. The van der Waals surface area contributed by atoms with E-state index in [4.69, 9.17) is 12.2 Å². The molecule has 2 heterocycles. The fraction of sp³-hybridized carbons (Fsp3) is 0.400. The van der Waals surface area contributed by atoms with Crippen molar-refractivity contribution < 1.29 is 0 Å². The van der Waals surface area contributed by atoms with E-state index in [1.807, 2.05) is 16.3 Å². The van der Waals surface area contributed by atoms with E-state index in [2.05, 4.69) is 45.1 Å². The molecule has 0 radical (unpaired) electrons. The van der Waals surface area contributed by atoms with Crippen LogP contribution in [-0.2, 0) is 20.3 Å². The molecule has 0 fully saturated rings. The van der Waals surface area contributed by atoms with E-state index >= 15 is 0 Å². The highest BCUT2D eigenvalue weighted by Gasteiger charge is 2.05. The lowest BCUT2D eigenvalue weighted by atomic mass is 10.4. The first-order chi connectivity index (χ1) is 8.06. The van der Waals surface area contributed by atoms with Crippen molar-refractivity contribution >= 4 is 39.5 Å². The summed E-state index contributed by atoms with van der Waals surface area (Å²) in [5, 5.41) is 4.23. The van der Waals surface area contributed by atoms with Crippen LogP contribution < -0.4 is 0 Å². The summed E-state index contributed by atoms with van der Waals surface area (Å²) in [6.07, 6.45) is 1.73. The van der Waals surface area contributed by atoms with E-state index in [1.54, 1.807) is 17.7 Å². The molecule has 4 nitrogen and oxygen atoms in total. The van der Waals surface area contributed by atoms with Crippen molar-refractivity contribution in [2.24, 2.45) is 7.05 Å². The fourth-order valence-electron chi connectivity index (χ4n) is 1.50. The quantitative estimate of drug-likeness (QED) is 0.805. The Morgan fingerprint density at radius 2 is 2.29 bits per heavy atom. The van der Waals surface area contributed by atoms with Crippen molar-refractivity contribution in [3.63, 3.8) is 0 Å². The van der Waals surface area contributed by atoms with E-state index in [0.29, 0.717) is 6.67 Å². The van der Waals surface area contributed by atoms with Crippen molar-refractivity contribution in [2.75, 3.05) is 7.05 Å². The molecular formula is C10H13BrN4S2. The second-order valence-electron chi connectivity index (χ2n) is 3.89. The summed E-state index contributed by atoms with van der Waals surface area (Å²) in [6, 6.07) is 4.20. The van der Waals surface area contributed by atoms with Gasteiger partial charge in [0.15, 0.2) is 4.77 Å². The third-order valence-electron chi connectivity index (χ3n) is 2.32. The minimum atomic E-state index is 0.704. The van der Waals surface area contributed by atoms with Crippen molar-refractivity contribution in [1.82, 2.24) is 19.2 Å². The number of hydrogen-bond acceptors (Lipinski definition) is 4. The van der Waals surface area contributed by atoms with E-state index in [1.165, 1.54) is 4.88 Å². The normalized spacial score (nSPS) is 11.3. The van der Waals surface area contributed by atoms with Gasteiger partial charge in [-0.2, -0.15) is 5.10 Å². The maximum atomic E-state index is 5.25. The predicted molar refractivity (Wildman–Crippen MR) is 75.5 cm³/mol. The van der Waals surface area contributed by atoms with Gasteiger partial charge in [-0.25, -0.2) is 4.68 Å². The van der Waals surface area contributed by atoms with Gasteiger partial charge in [0.05, 0.1) is 10.5 Å². The molecule has 0 amide bonds. The van der Waals surface area contributed by atoms with Crippen LogP contribution in [0.2, 0.25) is 0 Å². The van der Waals surface area contributed by atoms with Gasteiger partial charge in [-0.3, -0.25) is 4.90 Å². The molecule has 0 N–H and O–H groups in total. The predicted octanol–water partition coefficient (Wildman–Crippen LogP) is 2.86. The van der Waals surface area contributed by atoms with Gasteiger partial charge < -0.3 is 4.57 Å². The minimum Gasteiger partial charge on any atom is -0.310 e. The molecular weight excluding hydrogens is 320 g/mol. The Morgan fingerprint density at radius 3 is 2.82 bits per heavy atom. The van der Waals surface area contributed by atoms with Crippen molar-refractivity contribution in [3.05, 3.63) is 31.9 Å². The number of aromatic nitrogens is 3. The molecule has 0 spiro atoms. The standard InChI is InChI=1S/C10H13BrN4S2/c1-13(5-8-3-4-9(11)17-8)7-15-10(16)14(2)6-12-15/h3-4,6H,5,7H2,1-2H3. The highest BCUT2D eigenvalue weighted by molar-refractivity contribution is 9.11. The maximum absolute atomic E-state index is 5.25. The zero-order chi connectivity index (χ0) is 12.4. The molecule has 0 aliphatic heterocycles. The van der Waals surface area contributed by atoms with Crippen LogP contribution in [0.4, 0.5) is 0 Å². The summed E-state index contributed by atoms with van der Waals surface area (Å²) >= 11 is 10.5. The summed E-state index contributed by atoms with van der Waals surface area (Å²) in [5.74, 6) is 0. The Morgan fingerprint density at radius 1 is 1.53 bits per heavy atom. The Balaban J connectivity index is 2.00. The third kappa shape index (κ3) is 3.25. The van der Waals surface area contributed by atoms with Gasteiger partial charge in [-0.15, -0.1) is 11.3 Å². The van der Waals surface area contributed by atoms with Gasteiger partial charge >= 0.3 is 0 Å². The largest absolute Gasteiger partial charge is 0.310 e. The van der Waals surface area contributed by atoms with Gasteiger partial charge in [0.2, 0.25) is 0 Å². The van der Waals surface area contributed by atoms with E-state index in [0.717, 1.165) is 15.1 Å². The molecule has 0 bridgehead atoms.